The minimum absolute atomic E-state index is 0.853. The van der Waals surface area contributed by atoms with Gasteiger partial charge in [-0.1, -0.05) is 36.4 Å². The fourth-order valence-electron chi connectivity index (χ4n) is 3.97. The zero-order chi connectivity index (χ0) is 21.6. The van der Waals surface area contributed by atoms with Gasteiger partial charge in [-0.3, -0.25) is 4.48 Å². The molecule has 0 aromatic heterocycles. The van der Waals surface area contributed by atoms with E-state index >= 15 is 0 Å². The maximum Gasteiger partial charge on any atom is 0.138 e. The monoisotopic (exact) mass is 418 g/mol. The fourth-order valence-corrected chi connectivity index (χ4v) is 3.97. The Morgan fingerprint density at radius 1 is 0.406 bits per heavy atom. The highest BCUT2D eigenvalue weighted by Crippen LogP contribution is 2.41. The van der Waals surface area contributed by atoms with Gasteiger partial charge >= 0.3 is 0 Å². The van der Waals surface area contributed by atoms with Crippen molar-refractivity contribution in [3.8, 4) is 0 Å². The third-order valence-electron chi connectivity index (χ3n) is 5.84. The quantitative estimate of drug-likeness (QED) is 0.222. The predicted octanol–water partition coefficient (Wildman–Crippen LogP) is 8.56. The van der Waals surface area contributed by atoms with Gasteiger partial charge in [0.05, 0.1) is 35.8 Å². The van der Waals surface area contributed by atoms with Gasteiger partial charge in [0.1, 0.15) is 11.4 Å². The van der Waals surface area contributed by atoms with Gasteiger partial charge in [0.15, 0.2) is 0 Å². The number of hydrogen-bond acceptors (Lipinski definition) is 4. The lowest BCUT2D eigenvalue weighted by Gasteiger charge is -2.44. The average molecular weight is 419 g/mol. The molecule has 0 unspecified atom stereocenters. The molecule has 156 valence electrons. The summed E-state index contributed by atoms with van der Waals surface area (Å²) in [6.07, 6.45) is 1.21. The Hall–Kier alpha value is -3.96. The summed E-state index contributed by atoms with van der Waals surface area (Å²) in [5, 5.41) is 17.4. The van der Waals surface area contributed by atoms with Crippen LogP contribution < -0.4 is 4.48 Å². The largest absolute Gasteiger partial charge is 0.258 e. The number of benzene rings is 4. The van der Waals surface area contributed by atoms with Crippen LogP contribution in [-0.4, -0.2) is 13.1 Å². The third kappa shape index (κ3) is 4.24. The van der Waals surface area contributed by atoms with Crippen LogP contribution in [0.1, 0.15) is 6.42 Å². The molecule has 5 rings (SSSR count). The smallest absolute Gasteiger partial charge is 0.138 e. The highest BCUT2D eigenvalue weighted by molar-refractivity contribution is 5.63. The lowest BCUT2D eigenvalue weighted by molar-refractivity contribution is 0.272. The fraction of sp³-hybridized carbons (Fsp3) is 0.111. The highest BCUT2D eigenvalue weighted by Gasteiger charge is 2.40. The number of hydrogen-bond donors (Lipinski definition) is 0. The van der Waals surface area contributed by atoms with E-state index in [0.717, 1.165) is 40.3 Å². The summed E-state index contributed by atoms with van der Waals surface area (Å²) in [5.74, 6) is 0. The first-order chi connectivity index (χ1) is 15.8. The molecule has 0 saturated carbocycles. The van der Waals surface area contributed by atoms with E-state index in [1.165, 1.54) is 17.8 Å². The maximum absolute atomic E-state index is 4.37. The summed E-state index contributed by atoms with van der Waals surface area (Å²) in [4.78, 5) is 0. The first kappa shape index (κ1) is 20.0. The molecule has 1 fully saturated rings. The molecular formula is C27H24N5+. The minimum Gasteiger partial charge on any atom is -0.258 e. The number of nitrogens with zero attached hydrogens (tertiary/aromatic N) is 5. The summed E-state index contributed by atoms with van der Waals surface area (Å²) < 4.78 is 0.853. The van der Waals surface area contributed by atoms with Crippen LogP contribution in [0.4, 0.5) is 34.1 Å². The maximum atomic E-state index is 4.37. The van der Waals surface area contributed by atoms with Crippen molar-refractivity contribution in [2.24, 2.45) is 20.5 Å². The molecule has 0 radical (unpaired) electrons. The van der Waals surface area contributed by atoms with E-state index in [1.54, 1.807) is 0 Å². The van der Waals surface area contributed by atoms with E-state index in [9.17, 15) is 0 Å². The molecule has 5 heteroatoms. The van der Waals surface area contributed by atoms with Crippen LogP contribution >= 0.6 is 0 Å². The summed E-state index contributed by atoms with van der Waals surface area (Å²) >= 11 is 0. The molecule has 0 bridgehead atoms. The second-order valence-electron chi connectivity index (χ2n) is 7.87. The molecule has 1 aliphatic heterocycles. The normalized spacial score (nSPS) is 15.1. The van der Waals surface area contributed by atoms with Gasteiger partial charge < -0.3 is 0 Å². The van der Waals surface area contributed by atoms with Crippen molar-refractivity contribution in [2.45, 2.75) is 6.42 Å². The zero-order valence-corrected chi connectivity index (χ0v) is 17.7. The van der Waals surface area contributed by atoms with E-state index in [-0.39, 0.29) is 0 Å². The van der Waals surface area contributed by atoms with E-state index in [4.69, 9.17) is 0 Å². The summed E-state index contributed by atoms with van der Waals surface area (Å²) in [6, 6.07) is 36.4. The van der Waals surface area contributed by atoms with Crippen molar-refractivity contribution >= 4 is 34.1 Å². The molecule has 0 atom stereocenters. The summed E-state index contributed by atoms with van der Waals surface area (Å²) in [6.45, 7) is 2.19. The van der Waals surface area contributed by atoms with Crippen LogP contribution in [0.5, 0.6) is 0 Å². The van der Waals surface area contributed by atoms with Gasteiger partial charge in [0.2, 0.25) is 0 Å². The Morgan fingerprint density at radius 2 is 0.750 bits per heavy atom. The van der Waals surface area contributed by atoms with E-state index in [2.05, 4.69) is 44.7 Å². The summed E-state index contributed by atoms with van der Waals surface area (Å²) in [7, 11) is 0. The molecule has 1 heterocycles. The molecule has 1 saturated heterocycles. The zero-order valence-electron chi connectivity index (χ0n) is 17.7. The topological polar surface area (TPSA) is 49.4 Å². The Bertz CT molecular complexity index is 1120. The van der Waals surface area contributed by atoms with Crippen molar-refractivity contribution in [3.05, 3.63) is 109 Å². The van der Waals surface area contributed by atoms with Gasteiger partial charge in [0.25, 0.3) is 0 Å². The van der Waals surface area contributed by atoms with Crippen molar-refractivity contribution < 1.29 is 0 Å². The van der Waals surface area contributed by atoms with Crippen LogP contribution in [-0.2, 0) is 0 Å². The molecule has 0 spiro atoms. The van der Waals surface area contributed by atoms with Crippen molar-refractivity contribution in [3.63, 3.8) is 0 Å². The average Bonchev–Trinajstić information content (AvgIpc) is 2.84. The van der Waals surface area contributed by atoms with Crippen molar-refractivity contribution in [1.82, 2.24) is 4.48 Å². The molecule has 0 aliphatic carbocycles. The van der Waals surface area contributed by atoms with Gasteiger partial charge in [-0.25, -0.2) is 0 Å². The Kier molecular flexibility index (Phi) is 5.64. The number of rotatable bonds is 6. The van der Waals surface area contributed by atoms with Gasteiger partial charge in [-0.2, -0.15) is 20.5 Å². The van der Waals surface area contributed by atoms with Crippen LogP contribution in [0, 0.1) is 0 Å². The van der Waals surface area contributed by atoms with Gasteiger partial charge in [-0.15, -0.1) is 0 Å². The van der Waals surface area contributed by atoms with E-state index in [0.29, 0.717) is 0 Å². The summed E-state index contributed by atoms with van der Waals surface area (Å²) in [5.41, 5.74) is 5.96. The van der Waals surface area contributed by atoms with Gasteiger partial charge in [0, 0.05) is 30.7 Å². The number of azo groups is 2. The molecule has 1 aliphatic rings. The highest BCUT2D eigenvalue weighted by atomic mass is 15.4. The second-order valence-corrected chi connectivity index (χ2v) is 7.87. The van der Waals surface area contributed by atoms with E-state index in [1.807, 2.05) is 84.9 Å². The Labute approximate surface area is 188 Å². The van der Waals surface area contributed by atoms with E-state index < -0.39 is 0 Å². The lowest BCUT2D eigenvalue weighted by Crippen LogP contribution is -2.54. The molecule has 0 amide bonds. The third-order valence-corrected chi connectivity index (χ3v) is 5.84. The molecular weight excluding hydrogens is 394 g/mol. The first-order valence-corrected chi connectivity index (χ1v) is 10.8. The molecule has 5 nitrogen and oxygen atoms in total. The van der Waals surface area contributed by atoms with Crippen molar-refractivity contribution in [1.29, 1.82) is 0 Å². The predicted molar refractivity (Wildman–Crippen MR) is 130 cm³/mol. The van der Waals surface area contributed by atoms with Crippen LogP contribution in [0.15, 0.2) is 130 Å². The Balaban J connectivity index is 1.33. The van der Waals surface area contributed by atoms with Crippen LogP contribution in [0.2, 0.25) is 0 Å². The lowest BCUT2D eigenvalue weighted by atomic mass is 10.0. The number of quaternary nitrogens is 1. The molecule has 4 aromatic rings. The molecule has 0 N–H and O–H groups in total. The molecule has 4 aromatic carbocycles. The Morgan fingerprint density at radius 3 is 1.06 bits per heavy atom. The van der Waals surface area contributed by atoms with Crippen LogP contribution in [0.3, 0.4) is 0 Å². The van der Waals surface area contributed by atoms with Crippen LogP contribution in [0.25, 0.3) is 0 Å². The molecule has 32 heavy (non-hydrogen) atoms. The van der Waals surface area contributed by atoms with Crippen molar-refractivity contribution in [2.75, 3.05) is 13.1 Å². The minimum atomic E-state index is 0.853. The van der Waals surface area contributed by atoms with Gasteiger partial charge in [-0.05, 0) is 48.5 Å². The first-order valence-electron chi connectivity index (χ1n) is 10.8. The SMILES string of the molecule is c1ccc(N=Nc2ccc([N+]3(c4ccc(N=Nc5ccccc5)cc4)CCC3)cc2)cc1. The standard InChI is InChI=1S/C27H24N5/c1-3-8-22(9-4-1)28-30-24-12-16-26(17-13-24)32(20-7-21-32)27-18-14-25(15-19-27)31-29-23-10-5-2-6-11-23/h1-6,8-19H,7,20-21H2/q+1. The second kappa shape index (κ2) is 9.04.